The average molecular weight is 399 g/mol. The normalized spacial score (nSPS) is 29.4. The molecule has 29 heavy (non-hydrogen) atoms. The summed E-state index contributed by atoms with van der Waals surface area (Å²) in [5, 5.41) is 2.98. The van der Waals surface area contributed by atoms with E-state index in [4.69, 9.17) is 5.73 Å². The number of hydrogen-bond acceptors (Lipinski definition) is 6. The lowest BCUT2D eigenvalue weighted by atomic mass is 9.78. The number of carbonyl (C=O) groups excluding carboxylic acids is 2. The summed E-state index contributed by atoms with van der Waals surface area (Å²) in [7, 11) is 0. The molecule has 1 aromatic rings. The average Bonchev–Trinajstić information content (AvgIpc) is 3.36. The molecule has 2 aliphatic carbocycles. The second-order valence-electron chi connectivity index (χ2n) is 8.34. The third-order valence-electron chi connectivity index (χ3n) is 6.68. The van der Waals surface area contributed by atoms with Gasteiger partial charge in [0.15, 0.2) is 0 Å². The molecule has 2 bridgehead atoms. The summed E-state index contributed by atoms with van der Waals surface area (Å²) in [4.78, 5) is 37.6. The summed E-state index contributed by atoms with van der Waals surface area (Å²) in [5.41, 5.74) is 5.57. The van der Waals surface area contributed by atoms with Crippen LogP contribution in [0, 0.1) is 23.7 Å². The first-order valence-electron chi connectivity index (χ1n) is 10.6. The van der Waals surface area contributed by atoms with Gasteiger partial charge in [-0.2, -0.15) is 0 Å². The lowest BCUT2D eigenvalue weighted by Crippen LogP contribution is -2.47. The van der Waals surface area contributed by atoms with E-state index in [1.165, 1.54) is 0 Å². The highest BCUT2D eigenvalue weighted by Gasteiger charge is 2.52. The van der Waals surface area contributed by atoms with Crippen LogP contribution in [-0.4, -0.2) is 66.0 Å². The first kappa shape index (κ1) is 19.8. The molecule has 3 aliphatic rings. The van der Waals surface area contributed by atoms with E-state index in [1.54, 1.807) is 12.4 Å². The van der Waals surface area contributed by atoms with Crippen LogP contribution in [0.2, 0.25) is 0 Å². The molecule has 0 aromatic carbocycles. The monoisotopic (exact) mass is 398 g/mol. The standard InChI is InChI=1S/C21H30N6O2/c22-19(28)17-15-4-5-16(14-15)18(17)20(29)23-6-1-2-9-26-10-12-27(13-11-26)21-24-7-3-8-25-21/h1-3,7-8,15-18H,4-6,9-14H2,(H2,22,28)(H,23,29)/b2-1+/t15-,16+,17+,18-/m1/s1. The highest BCUT2D eigenvalue weighted by atomic mass is 16.2. The van der Waals surface area contributed by atoms with E-state index in [0.717, 1.165) is 57.9 Å². The number of fused-ring (bicyclic) bond motifs is 2. The van der Waals surface area contributed by atoms with Gasteiger partial charge in [-0.3, -0.25) is 14.5 Å². The molecule has 1 aromatic heterocycles. The SMILES string of the molecule is NC(=O)[C@H]1[C@@H]2CC[C@@H](C2)[C@H]1C(=O)NC/C=C/CN1CCN(c2ncccn2)CC1. The Morgan fingerprint density at radius 1 is 1.07 bits per heavy atom. The summed E-state index contributed by atoms with van der Waals surface area (Å²) in [5.74, 6) is 0.598. The Bertz CT molecular complexity index is 747. The van der Waals surface area contributed by atoms with Gasteiger partial charge in [0.1, 0.15) is 0 Å². The van der Waals surface area contributed by atoms with E-state index < -0.39 is 0 Å². The minimum Gasteiger partial charge on any atom is -0.369 e. The maximum Gasteiger partial charge on any atom is 0.225 e. The van der Waals surface area contributed by atoms with Crippen molar-refractivity contribution in [3.63, 3.8) is 0 Å². The first-order chi connectivity index (χ1) is 14.1. The van der Waals surface area contributed by atoms with Crippen molar-refractivity contribution in [1.82, 2.24) is 20.2 Å². The van der Waals surface area contributed by atoms with Crippen molar-refractivity contribution in [2.45, 2.75) is 19.3 Å². The second-order valence-corrected chi connectivity index (χ2v) is 8.34. The molecule has 4 atom stereocenters. The first-order valence-corrected chi connectivity index (χ1v) is 10.6. The number of anilines is 1. The molecule has 0 spiro atoms. The van der Waals surface area contributed by atoms with Crippen LogP contribution >= 0.6 is 0 Å². The van der Waals surface area contributed by atoms with Crippen LogP contribution in [0.4, 0.5) is 5.95 Å². The van der Waals surface area contributed by atoms with Crippen molar-refractivity contribution >= 4 is 17.8 Å². The van der Waals surface area contributed by atoms with E-state index >= 15 is 0 Å². The summed E-state index contributed by atoms with van der Waals surface area (Å²) < 4.78 is 0. The van der Waals surface area contributed by atoms with Gasteiger partial charge in [-0.25, -0.2) is 9.97 Å². The third kappa shape index (κ3) is 4.42. The van der Waals surface area contributed by atoms with Crippen molar-refractivity contribution in [3.05, 3.63) is 30.6 Å². The lowest BCUT2D eigenvalue weighted by Gasteiger charge is -2.34. The molecule has 156 valence electrons. The molecule has 4 rings (SSSR count). The fourth-order valence-corrected chi connectivity index (χ4v) is 5.25. The van der Waals surface area contributed by atoms with E-state index in [9.17, 15) is 9.59 Å². The molecule has 0 radical (unpaired) electrons. The molecule has 2 heterocycles. The van der Waals surface area contributed by atoms with Crippen LogP contribution in [0.15, 0.2) is 30.6 Å². The topological polar surface area (TPSA) is 104 Å². The van der Waals surface area contributed by atoms with Crippen molar-refractivity contribution in [3.8, 4) is 0 Å². The number of nitrogens with one attached hydrogen (secondary N) is 1. The van der Waals surface area contributed by atoms with Crippen LogP contribution in [0.1, 0.15) is 19.3 Å². The minimum atomic E-state index is -0.312. The van der Waals surface area contributed by atoms with E-state index in [2.05, 4.69) is 31.2 Å². The number of rotatable bonds is 7. The highest BCUT2D eigenvalue weighted by Crippen LogP contribution is 2.52. The van der Waals surface area contributed by atoms with Gasteiger partial charge in [-0.15, -0.1) is 0 Å². The van der Waals surface area contributed by atoms with Crippen LogP contribution in [0.3, 0.4) is 0 Å². The number of nitrogens with two attached hydrogens (primary N) is 1. The summed E-state index contributed by atoms with van der Waals surface area (Å²) in [6.45, 7) is 5.09. The Morgan fingerprint density at radius 3 is 2.45 bits per heavy atom. The Balaban J connectivity index is 1.17. The van der Waals surface area contributed by atoms with Gasteiger partial charge in [0.25, 0.3) is 0 Å². The molecule has 8 heteroatoms. The van der Waals surface area contributed by atoms with E-state index in [-0.39, 0.29) is 23.7 Å². The zero-order valence-electron chi connectivity index (χ0n) is 16.7. The number of carbonyl (C=O) groups is 2. The number of piperazine rings is 1. The smallest absolute Gasteiger partial charge is 0.225 e. The minimum absolute atomic E-state index is 0.0119. The van der Waals surface area contributed by atoms with Crippen LogP contribution in [0.5, 0.6) is 0 Å². The number of primary amides is 1. The van der Waals surface area contributed by atoms with Gasteiger partial charge in [-0.05, 0) is 37.2 Å². The van der Waals surface area contributed by atoms with E-state index in [1.807, 2.05) is 12.1 Å². The summed E-state index contributed by atoms with van der Waals surface area (Å²) >= 11 is 0. The lowest BCUT2D eigenvalue weighted by molar-refractivity contribution is -0.135. The predicted molar refractivity (Wildman–Crippen MR) is 110 cm³/mol. The Kier molecular flexibility index (Phi) is 6.08. The van der Waals surface area contributed by atoms with Gasteiger partial charge >= 0.3 is 0 Å². The maximum atomic E-state index is 12.6. The largest absolute Gasteiger partial charge is 0.369 e. The number of aromatic nitrogens is 2. The maximum absolute atomic E-state index is 12.6. The van der Waals surface area contributed by atoms with Crippen LogP contribution in [0.25, 0.3) is 0 Å². The molecule has 1 aliphatic heterocycles. The predicted octanol–water partition coefficient (Wildman–Crippen LogP) is 0.419. The molecule has 8 nitrogen and oxygen atoms in total. The zero-order chi connectivity index (χ0) is 20.2. The van der Waals surface area contributed by atoms with Crippen LogP contribution in [-0.2, 0) is 9.59 Å². The Hall–Kier alpha value is -2.48. The molecular formula is C21H30N6O2. The Labute approximate surface area is 171 Å². The Morgan fingerprint density at radius 2 is 1.76 bits per heavy atom. The molecule has 3 fully saturated rings. The fraction of sp³-hybridized carbons (Fsp3) is 0.619. The second kappa shape index (κ2) is 8.90. The molecule has 0 unspecified atom stereocenters. The zero-order valence-corrected chi connectivity index (χ0v) is 16.7. The van der Waals surface area contributed by atoms with Gasteiger partial charge in [0, 0.05) is 51.7 Å². The number of amides is 2. The quantitative estimate of drug-likeness (QED) is 0.645. The molecule has 2 saturated carbocycles. The summed E-state index contributed by atoms with van der Waals surface area (Å²) in [6.07, 6.45) is 10.7. The van der Waals surface area contributed by atoms with Crippen LogP contribution < -0.4 is 16.0 Å². The molecule has 1 saturated heterocycles. The van der Waals surface area contributed by atoms with Gasteiger partial charge in [0.05, 0.1) is 11.8 Å². The molecule has 3 N–H and O–H groups in total. The fourth-order valence-electron chi connectivity index (χ4n) is 5.25. The van der Waals surface area contributed by atoms with E-state index in [0.29, 0.717) is 18.4 Å². The van der Waals surface area contributed by atoms with Crippen molar-refractivity contribution < 1.29 is 9.59 Å². The van der Waals surface area contributed by atoms with Crippen molar-refractivity contribution in [2.75, 3.05) is 44.2 Å². The number of hydrogen-bond donors (Lipinski definition) is 2. The molecular weight excluding hydrogens is 368 g/mol. The van der Waals surface area contributed by atoms with Crippen molar-refractivity contribution in [1.29, 1.82) is 0 Å². The third-order valence-corrected chi connectivity index (χ3v) is 6.68. The van der Waals surface area contributed by atoms with Gasteiger partial charge < -0.3 is 16.0 Å². The highest BCUT2D eigenvalue weighted by molar-refractivity contribution is 5.88. The summed E-state index contributed by atoms with van der Waals surface area (Å²) in [6, 6.07) is 1.83. The van der Waals surface area contributed by atoms with Gasteiger partial charge in [-0.1, -0.05) is 12.2 Å². The van der Waals surface area contributed by atoms with Gasteiger partial charge in [0.2, 0.25) is 17.8 Å². The molecule has 2 amide bonds. The van der Waals surface area contributed by atoms with Crippen molar-refractivity contribution in [2.24, 2.45) is 29.4 Å². The number of nitrogens with zero attached hydrogens (tertiary/aromatic N) is 4.